The number of para-hydroxylation sites is 2. The third kappa shape index (κ3) is 5.87. The molecule has 0 atom stereocenters. The minimum atomic E-state index is -0.405. The summed E-state index contributed by atoms with van der Waals surface area (Å²) < 4.78 is 4.96. The molecule has 6 nitrogen and oxygen atoms in total. The van der Waals surface area contributed by atoms with Gasteiger partial charge in [0.2, 0.25) is 5.91 Å². The maximum absolute atomic E-state index is 13.7. The summed E-state index contributed by atoms with van der Waals surface area (Å²) in [6, 6.07) is 21.9. The molecule has 180 valence electrons. The molecule has 0 aliphatic heterocycles. The van der Waals surface area contributed by atoms with Gasteiger partial charge in [-0.2, -0.15) is 10.5 Å². The Hall–Kier alpha value is -4.68. The van der Waals surface area contributed by atoms with Crippen LogP contribution in [0.2, 0.25) is 0 Å². The Balaban J connectivity index is 1.96. The minimum absolute atomic E-state index is 0.159. The number of hydrogen-bond acceptors (Lipinski definition) is 5. The van der Waals surface area contributed by atoms with Gasteiger partial charge < -0.3 is 4.74 Å². The molecule has 0 saturated heterocycles. The fraction of sp³-hybridized carbons (Fsp3) is 0.200. The lowest BCUT2D eigenvalue weighted by Gasteiger charge is -2.25. The molecule has 6 heteroatoms. The van der Waals surface area contributed by atoms with E-state index in [0.29, 0.717) is 35.5 Å². The Morgan fingerprint density at radius 1 is 0.917 bits per heavy atom. The number of aryl methyl sites for hydroxylation is 1. The predicted octanol–water partition coefficient (Wildman–Crippen LogP) is 5.92. The number of carbonyl (C=O) groups excluding carboxylic acids is 2. The molecule has 0 saturated carbocycles. The van der Waals surface area contributed by atoms with Crippen molar-refractivity contribution < 1.29 is 14.3 Å². The van der Waals surface area contributed by atoms with Gasteiger partial charge in [0.1, 0.15) is 12.1 Å². The van der Waals surface area contributed by atoms with Crippen LogP contribution < -0.4 is 4.90 Å². The van der Waals surface area contributed by atoms with Crippen molar-refractivity contribution in [2.75, 3.05) is 11.5 Å². The van der Waals surface area contributed by atoms with E-state index in [1.807, 2.05) is 26.0 Å². The lowest BCUT2D eigenvalue weighted by atomic mass is 9.93. The maximum Gasteiger partial charge on any atom is 0.330 e. The molecule has 0 heterocycles. The summed E-state index contributed by atoms with van der Waals surface area (Å²) in [5, 5.41) is 19.3. The quantitative estimate of drug-likeness (QED) is 0.296. The molecule has 0 spiro atoms. The van der Waals surface area contributed by atoms with Gasteiger partial charge >= 0.3 is 5.97 Å². The fourth-order valence-electron chi connectivity index (χ4n) is 4.09. The number of esters is 1. The highest BCUT2D eigenvalue weighted by atomic mass is 16.5. The van der Waals surface area contributed by atoms with Crippen LogP contribution in [0.25, 0.3) is 6.08 Å². The predicted molar refractivity (Wildman–Crippen MR) is 139 cm³/mol. The molecule has 0 N–H and O–H groups in total. The normalized spacial score (nSPS) is 10.5. The first-order chi connectivity index (χ1) is 17.4. The van der Waals surface area contributed by atoms with Crippen LogP contribution in [-0.2, 0) is 20.7 Å². The molecule has 0 fully saturated rings. The maximum atomic E-state index is 13.7. The zero-order valence-corrected chi connectivity index (χ0v) is 20.6. The van der Waals surface area contributed by atoms with Gasteiger partial charge in [-0.05, 0) is 79.8 Å². The Bertz CT molecular complexity index is 1340. The van der Waals surface area contributed by atoms with Crippen molar-refractivity contribution in [3.8, 4) is 12.1 Å². The van der Waals surface area contributed by atoms with Gasteiger partial charge in [-0.3, -0.25) is 9.69 Å². The molecular weight excluding hydrogens is 450 g/mol. The molecule has 1 amide bonds. The molecule has 0 aliphatic carbocycles. The van der Waals surface area contributed by atoms with Crippen LogP contribution in [0.15, 0.2) is 66.7 Å². The first kappa shape index (κ1) is 25.9. The van der Waals surface area contributed by atoms with E-state index < -0.39 is 5.97 Å². The summed E-state index contributed by atoms with van der Waals surface area (Å²) in [6.45, 7) is 6.01. The van der Waals surface area contributed by atoms with E-state index in [4.69, 9.17) is 4.74 Å². The zero-order chi connectivity index (χ0) is 26.1. The van der Waals surface area contributed by atoms with Crippen molar-refractivity contribution in [3.63, 3.8) is 0 Å². The van der Waals surface area contributed by atoms with Crippen LogP contribution in [0, 0.1) is 36.5 Å². The molecule has 0 aliphatic rings. The molecule has 0 bridgehead atoms. The highest BCUT2D eigenvalue weighted by Gasteiger charge is 2.23. The third-order valence-electron chi connectivity index (χ3n) is 5.93. The van der Waals surface area contributed by atoms with E-state index in [-0.39, 0.29) is 12.3 Å². The molecule has 0 unspecified atom stereocenters. The second kappa shape index (κ2) is 12.1. The standard InChI is InChI=1S/C30H27N3O3/c1-4-36-30(35)18-15-23-14-13-21(2)26(22(23)3)16-17-29(34)33(27-11-7-5-9-24(27)19-31)28-12-8-6-10-25(28)20-32/h5-15,18H,4,16-17H2,1-3H3/b18-15+. The van der Waals surface area contributed by atoms with Gasteiger partial charge in [0.25, 0.3) is 0 Å². The number of ether oxygens (including phenoxy) is 1. The van der Waals surface area contributed by atoms with Gasteiger partial charge in [0.15, 0.2) is 0 Å². The first-order valence-electron chi connectivity index (χ1n) is 11.7. The number of benzene rings is 3. The zero-order valence-electron chi connectivity index (χ0n) is 20.6. The van der Waals surface area contributed by atoms with Gasteiger partial charge in [0, 0.05) is 12.5 Å². The van der Waals surface area contributed by atoms with Gasteiger partial charge in [0.05, 0.1) is 29.1 Å². The highest BCUT2D eigenvalue weighted by molar-refractivity contribution is 6.02. The molecule has 36 heavy (non-hydrogen) atoms. The van der Waals surface area contributed by atoms with Crippen LogP contribution in [0.5, 0.6) is 0 Å². The van der Waals surface area contributed by atoms with Gasteiger partial charge in [-0.25, -0.2) is 4.79 Å². The number of rotatable bonds is 8. The Labute approximate surface area is 211 Å². The van der Waals surface area contributed by atoms with Crippen molar-refractivity contribution in [2.24, 2.45) is 0 Å². The van der Waals surface area contributed by atoms with E-state index in [9.17, 15) is 20.1 Å². The number of nitriles is 2. The van der Waals surface area contributed by atoms with Crippen molar-refractivity contribution >= 4 is 29.3 Å². The van der Waals surface area contributed by atoms with E-state index in [2.05, 4.69) is 12.1 Å². The van der Waals surface area contributed by atoms with Crippen LogP contribution in [0.1, 0.15) is 46.7 Å². The summed E-state index contributed by atoms with van der Waals surface area (Å²) in [4.78, 5) is 26.9. The molecule has 0 radical (unpaired) electrons. The topological polar surface area (TPSA) is 94.2 Å². The lowest BCUT2D eigenvalue weighted by Crippen LogP contribution is -2.28. The van der Waals surface area contributed by atoms with Crippen LogP contribution >= 0.6 is 0 Å². The number of amides is 1. The number of nitrogens with zero attached hydrogens (tertiary/aromatic N) is 3. The Kier molecular flexibility index (Phi) is 8.75. The lowest BCUT2D eigenvalue weighted by molar-refractivity contribution is -0.137. The average molecular weight is 478 g/mol. The third-order valence-corrected chi connectivity index (χ3v) is 5.93. The number of carbonyl (C=O) groups is 2. The minimum Gasteiger partial charge on any atom is -0.463 e. The first-order valence-corrected chi connectivity index (χ1v) is 11.7. The number of anilines is 2. The second-order valence-electron chi connectivity index (χ2n) is 8.15. The second-order valence-corrected chi connectivity index (χ2v) is 8.15. The van der Waals surface area contributed by atoms with Crippen LogP contribution in [-0.4, -0.2) is 18.5 Å². The Morgan fingerprint density at radius 3 is 2.06 bits per heavy atom. The highest BCUT2D eigenvalue weighted by Crippen LogP contribution is 2.32. The molecule has 0 aromatic heterocycles. The van der Waals surface area contributed by atoms with Gasteiger partial charge in [-0.15, -0.1) is 0 Å². The van der Waals surface area contributed by atoms with Crippen molar-refractivity contribution in [2.45, 2.75) is 33.6 Å². The van der Waals surface area contributed by atoms with E-state index in [1.165, 1.54) is 11.0 Å². The number of hydrogen-bond donors (Lipinski definition) is 0. The van der Waals surface area contributed by atoms with E-state index in [1.54, 1.807) is 61.5 Å². The molecular formula is C30H27N3O3. The SMILES string of the molecule is CCOC(=O)/C=C/c1ccc(C)c(CCC(=O)N(c2ccccc2C#N)c2ccccc2C#N)c1C. The van der Waals surface area contributed by atoms with E-state index in [0.717, 1.165) is 22.3 Å². The average Bonchev–Trinajstić information content (AvgIpc) is 2.89. The molecule has 3 rings (SSSR count). The summed E-state index contributed by atoms with van der Waals surface area (Å²) in [6.07, 6.45) is 3.73. The molecule has 3 aromatic rings. The van der Waals surface area contributed by atoms with Gasteiger partial charge in [-0.1, -0.05) is 36.4 Å². The Morgan fingerprint density at radius 2 is 1.50 bits per heavy atom. The van der Waals surface area contributed by atoms with E-state index >= 15 is 0 Å². The fourth-order valence-corrected chi connectivity index (χ4v) is 4.09. The van der Waals surface area contributed by atoms with Crippen molar-refractivity contribution in [1.82, 2.24) is 0 Å². The van der Waals surface area contributed by atoms with Crippen LogP contribution in [0.3, 0.4) is 0 Å². The molecule has 3 aromatic carbocycles. The monoisotopic (exact) mass is 477 g/mol. The smallest absolute Gasteiger partial charge is 0.330 e. The summed E-state index contributed by atoms with van der Waals surface area (Å²) in [5.74, 6) is -0.635. The van der Waals surface area contributed by atoms with Crippen LogP contribution in [0.4, 0.5) is 11.4 Å². The largest absolute Gasteiger partial charge is 0.463 e. The van der Waals surface area contributed by atoms with Crippen molar-refractivity contribution in [1.29, 1.82) is 10.5 Å². The summed E-state index contributed by atoms with van der Waals surface area (Å²) >= 11 is 0. The summed E-state index contributed by atoms with van der Waals surface area (Å²) in [5.41, 5.74) is 5.46. The summed E-state index contributed by atoms with van der Waals surface area (Å²) in [7, 11) is 0. The van der Waals surface area contributed by atoms with Crippen molar-refractivity contribution in [3.05, 3.63) is 100 Å².